The van der Waals surface area contributed by atoms with Gasteiger partial charge in [0.15, 0.2) is 0 Å². The van der Waals surface area contributed by atoms with Crippen LogP contribution in [0.25, 0.3) is 10.9 Å². The monoisotopic (exact) mass is 396 g/mol. The lowest BCUT2D eigenvalue weighted by Gasteiger charge is -2.21. The van der Waals surface area contributed by atoms with Gasteiger partial charge in [0.25, 0.3) is 0 Å². The molecule has 0 saturated carbocycles. The molecule has 1 atom stereocenters. The Morgan fingerprint density at radius 3 is 2.46 bits per heavy atom. The van der Waals surface area contributed by atoms with Crippen LogP contribution in [0.15, 0.2) is 67.0 Å². The summed E-state index contributed by atoms with van der Waals surface area (Å²) in [4.78, 5) is 8.38. The minimum Gasteiger partial charge on any atom is -0.505 e. The van der Waals surface area contributed by atoms with Gasteiger partial charge in [-0.3, -0.25) is 9.97 Å². The zero-order valence-electron chi connectivity index (χ0n) is 14.6. The summed E-state index contributed by atoms with van der Waals surface area (Å²) in [6, 6.07) is 14.4. The molecule has 0 bridgehead atoms. The molecule has 4 aromatic rings. The second-order valence-corrected chi connectivity index (χ2v) is 6.88. The van der Waals surface area contributed by atoms with Crippen LogP contribution in [0.5, 0.6) is 5.75 Å². The number of hydrogen-bond donors (Lipinski definition) is 1. The molecule has 1 unspecified atom stereocenters. The van der Waals surface area contributed by atoms with Crippen LogP contribution in [0.2, 0.25) is 5.02 Å². The van der Waals surface area contributed by atoms with Gasteiger partial charge in [-0.1, -0.05) is 35.9 Å². The average Bonchev–Trinajstić information content (AvgIpc) is 2.69. The van der Waals surface area contributed by atoms with E-state index in [1.54, 1.807) is 30.5 Å². The van der Waals surface area contributed by atoms with Crippen molar-refractivity contribution in [3.63, 3.8) is 0 Å². The quantitative estimate of drug-likeness (QED) is 0.485. The highest BCUT2D eigenvalue weighted by molar-refractivity contribution is 6.31. The van der Waals surface area contributed by atoms with Crippen LogP contribution < -0.4 is 0 Å². The number of aromatic hydroxyl groups is 1. The third kappa shape index (κ3) is 3.53. The predicted octanol–water partition coefficient (Wildman–Crippen LogP) is 5.64. The summed E-state index contributed by atoms with van der Waals surface area (Å²) in [6.07, 6.45) is 3.09. The number of benzene rings is 2. The van der Waals surface area contributed by atoms with Crippen molar-refractivity contribution in [2.45, 2.75) is 12.3 Å². The molecule has 140 valence electrons. The summed E-state index contributed by atoms with van der Waals surface area (Å²) in [7, 11) is 0. The highest BCUT2D eigenvalue weighted by atomic mass is 35.5. The van der Waals surface area contributed by atoms with E-state index in [4.69, 9.17) is 11.6 Å². The predicted molar refractivity (Wildman–Crippen MR) is 105 cm³/mol. The van der Waals surface area contributed by atoms with Gasteiger partial charge in [-0.15, -0.1) is 0 Å². The second kappa shape index (κ2) is 7.52. The second-order valence-electron chi connectivity index (χ2n) is 6.47. The largest absolute Gasteiger partial charge is 0.505 e. The van der Waals surface area contributed by atoms with Gasteiger partial charge in [-0.25, -0.2) is 8.78 Å². The number of aromatic nitrogens is 2. The molecule has 2 aromatic heterocycles. The molecule has 6 heteroatoms. The minimum absolute atomic E-state index is 0.0330. The molecule has 1 N–H and O–H groups in total. The highest BCUT2D eigenvalue weighted by Gasteiger charge is 2.23. The number of nitrogens with zero attached hydrogens (tertiary/aromatic N) is 2. The van der Waals surface area contributed by atoms with Crippen molar-refractivity contribution in [3.05, 3.63) is 100 Å². The molecular weight excluding hydrogens is 382 g/mol. The van der Waals surface area contributed by atoms with Gasteiger partial charge in [0.1, 0.15) is 22.9 Å². The zero-order chi connectivity index (χ0) is 19.7. The molecule has 0 spiro atoms. The molecule has 4 rings (SSSR count). The molecule has 0 saturated heterocycles. The van der Waals surface area contributed by atoms with E-state index in [0.29, 0.717) is 28.8 Å². The van der Waals surface area contributed by atoms with Crippen LogP contribution in [0.3, 0.4) is 0 Å². The number of pyridine rings is 2. The minimum atomic E-state index is -0.447. The highest BCUT2D eigenvalue weighted by Crippen LogP contribution is 2.39. The van der Waals surface area contributed by atoms with Gasteiger partial charge in [-0.05, 0) is 35.9 Å². The molecule has 0 aliphatic rings. The third-order valence-corrected chi connectivity index (χ3v) is 5.02. The Kier molecular flexibility index (Phi) is 4.92. The van der Waals surface area contributed by atoms with Crippen molar-refractivity contribution in [1.82, 2.24) is 9.97 Å². The van der Waals surface area contributed by atoms with Crippen molar-refractivity contribution >= 4 is 22.5 Å². The van der Waals surface area contributed by atoms with Crippen molar-refractivity contribution in [3.8, 4) is 5.75 Å². The lowest BCUT2D eigenvalue weighted by atomic mass is 9.86. The van der Waals surface area contributed by atoms with E-state index in [2.05, 4.69) is 9.97 Å². The first-order valence-corrected chi connectivity index (χ1v) is 9.02. The molecule has 28 heavy (non-hydrogen) atoms. The van der Waals surface area contributed by atoms with Gasteiger partial charge < -0.3 is 5.11 Å². The van der Waals surface area contributed by atoms with Gasteiger partial charge in [-0.2, -0.15) is 0 Å². The lowest BCUT2D eigenvalue weighted by molar-refractivity contribution is 0.469. The van der Waals surface area contributed by atoms with Crippen molar-refractivity contribution in [2.24, 2.45) is 0 Å². The lowest BCUT2D eigenvalue weighted by Crippen LogP contribution is -2.08. The molecular formula is C22H15ClF2N2O. The topological polar surface area (TPSA) is 46.0 Å². The maximum Gasteiger partial charge on any atom is 0.145 e. The molecule has 0 amide bonds. The van der Waals surface area contributed by atoms with Crippen molar-refractivity contribution < 1.29 is 13.9 Å². The third-order valence-electron chi connectivity index (χ3n) is 4.69. The van der Waals surface area contributed by atoms with Gasteiger partial charge in [0.2, 0.25) is 0 Å². The fraction of sp³-hybridized carbons (Fsp3) is 0.0909. The molecule has 0 radical (unpaired) electrons. The fourth-order valence-corrected chi connectivity index (χ4v) is 3.63. The molecule has 2 heterocycles. The maximum absolute atomic E-state index is 13.6. The van der Waals surface area contributed by atoms with Gasteiger partial charge in [0.05, 0.1) is 6.20 Å². The summed E-state index contributed by atoms with van der Waals surface area (Å²) in [5, 5.41) is 11.9. The van der Waals surface area contributed by atoms with Crippen LogP contribution in [0, 0.1) is 11.6 Å². The van der Waals surface area contributed by atoms with Crippen LogP contribution >= 0.6 is 11.6 Å². The summed E-state index contributed by atoms with van der Waals surface area (Å²) < 4.78 is 26.8. The molecule has 2 aromatic carbocycles. The smallest absolute Gasteiger partial charge is 0.145 e. The SMILES string of the molecule is Oc1c(C(Cc2ccc(F)cn2)c2ccc(F)cc2Cl)ccc2cccnc12. The number of halogens is 3. The Balaban J connectivity index is 1.87. The Morgan fingerprint density at radius 1 is 0.929 bits per heavy atom. The van der Waals surface area contributed by atoms with E-state index < -0.39 is 17.6 Å². The van der Waals surface area contributed by atoms with E-state index in [9.17, 15) is 13.9 Å². The zero-order valence-corrected chi connectivity index (χ0v) is 15.4. The van der Waals surface area contributed by atoms with E-state index in [-0.39, 0.29) is 10.8 Å². The average molecular weight is 397 g/mol. The molecule has 0 aliphatic heterocycles. The summed E-state index contributed by atoms with van der Waals surface area (Å²) in [5.74, 6) is -1.27. The Bertz CT molecular complexity index is 1150. The van der Waals surface area contributed by atoms with E-state index in [0.717, 1.165) is 11.6 Å². The first-order valence-electron chi connectivity index (χ1n) is 8.65. The summed E-state index contributed by atoms with van der Waals surface area (Å²) >= 11 is 6.32. The van der Waals surface area contributed by atoms with E-state index in [1.807, 2.05) is 12.1 Å². The van der Waals surface area contributed by atoms with Crippen LogP contribution in [0.4, 0.5) is 8.78 Å². The van der Waals surface area contributed by atoms with E-state index >= 15 is 0 Å². The molecule has 0 fully saturated rings. The maximum atomic E-state index is 13.6. The Labute approximate surface area is 165 Å². The van der Waals surface area contributed by atoms with Gasteiger partial charge in [0, 0.05) is 40.2 Å². The Hall–Kier alpha value is -3.05. The van der Waals surface area contributed by atoms with E-state index in [1.165, 1.54) is 18.2 Å². The first-order chi connectivity index (χ1) is 13.5. The van der Waals surface area contributed by atoms with Crippen molar-refractivity contribution in [1.29, 1.82) is 0 Å². The van der Waals surface area contributed by atoms with Crippen LogP contribution in [-0.4, -0.2) is 15.1 Å². The molecule has 3 nitrogen and oxygen atoms in total. The van der Waals surface area contributed by atoms with Crippen LogP contribution in [-0.2, 0) is 6.42 Å². The normalized spacial score (nSPS) is 12.2. The number of fused-ring (bicyclic) bond motifs is 1. The first kappa shape index (κ1) is 18.3. The van der Waals surface area contributed by atoms with Gasteiger partial charge >= 0.3 is 0 Å². The van der Waals surface area contributed by atoms with Crippen LogP contribution in [0.1, 0.15) is 22.7 Å². The Morgan fingerprint density at radius 2 is 1.71 bits per heavy atom. The van der Waals surface area contributed by atoms with Crippen molar-refractivity contribution in [2.75, 3.05) is 0 Å². The number of rotatable bonds is 4. The summed E-state index contributed by atoms with van der Waals surface area (Å²) in [5.41, 5.74) is 2.31. The fourth-order valence-electron chi connectivity index (χ4n) is 3.33. The number of phenolic OH excluding ortho intramolecular Hbond substituents is 1. The standard InChI is InChI=1S/C22H15ClF2N2O/c23-20-10-14(24)5-8-17(20)19(11-16-6-4-15(25)12-27-16)18-7-3-13-2-1-9-26-21(13)22(18)28/h1-10,12,19,28H,11H2. The number of hydrogen-bond acceptors (Lipinski definition) is 3. The summed E-state index contributed by atoms with van der Waals surface area (Å²) in [6.45, 7) is 0. The number of phenols is 1. The molecule has 0 aliphatic carbocycles.